The summed E-state index contributed by atoms with van der Waals surface area (Å²) < 4.78 is 10.7. The summed E-state index contributed by atoms with van der Waals surface area (Å²) in [6.07, 6.45) is 0.650. The quantitative estimate of drug-likeness (QED) is 0.385. The molecule has 0 unspecified atom stereocenters. The molecular weight excluding hydrogens is 220 g/mol. The van der Waals surface area contributed by atoms with Crippen LogP contribution < -0.4 is 0 Å². The zero-order valence-electron chi connectivity index (χ0n) is 7.81. The van der Waals surface area contributed by atoms with Crippen molar-refractivity contribution in [2.45, 2.75) is 26.6 Å². The van der Waals surface area contributed by atoms with Crippen LogP contribution in [0, 0.1) is 0 Å². The molecule has 0 atom stereocenters. The van der Waals surface area contributed by atoms with Gasteiger partial charge in [0.1, 0.15) is 0 Å². The van der Waals surface area contributed by atoms with E-state index in [1.54, 1.807) is 0 Å². The third-order valence-corrected chi connectivity index (χ3v) is 2.14. The minimum Gasteiger partial charge on any atom is -0.353 e. The summed E-state index contributed by atoms with van der Waals surface area (Å²) in [5, 5.41) is 0.809. The van der Waals surface area contributed by atoms with E-state index in [0.717, 1.165) is 17.3 Å². The van der Waals surface area contributed by atoms with E-state index in [9.17, 15) is 0 Å². The lowest BCUT2D eigenvalue weighted by atomic mass is 10.2. The first-order valence-electron chi connectivity index (χ1n) is 4.20. The maximum Gasteiger partial charge on any atom is 0.161 e. The molecule has 0 aliphatic carbocycles. The van der Waals surface area contributed by atoms with Crippen molar-refractivity contribution < 1.29 is 9.47 Å². The van der Waals surface area contributed by atoms with Crippen molar-refractivity contribution in [3.05, 3.63) is 12.2 Å². The van der Waals surface area contributed by atoms with E-state index in [0.29, 0.717) is 13.2 Å². The van der Waals surface area contributed by atoms with Crippen LogP contribution in [0.3, 0.4) is 0 Å². The second kappa shape index (κ2) is 7.77. The van der Waals surface area contributed by atoms with Gasteiger partial charge in [0.05, 0.1) is 0 Å². The number of halogens is 1. The zero-order chi connectivity index (χ0) is 9.40. The zero-order valence-corrected chi connectivity index (χ0v) is 9.39. The Bertz CT molecular complexity index is 120. The van der Waals surface area contributed by atoms with Crippen molar-refractivity contribution in [2.24, 2.45) is 0 Å². The molecule has 0 aromatic heterocycles. The van der Waals surface area contributed by atoms with Gasteiger partial charge < -0.3 is 9.47 Å². The van der Waals surface area contributed by atoms with E-state index in [2.05, 4.69) is 22.5 Å². The molecule has 0 aromatic rings. The summed E-state index contributed by atoms with van der Waals surface area (Å²) in [6, 6.07) is 0. The van der Waals surface area contributed by atoms with Crippen molar-refractivity contribution in [1.29, 1.82) is 0 Å². The van der Waals surface area contributed by atoms with Gasteiger partial charge in [-0.2, -0.15) is 0 Å². The predicted molar refractivity (Wildman–Crippen MR) is 54.6 cm³/mol. The van der Waals surface area contributed by atoms with Crippen LogP contribution in [-0.2, 0) is 9.47 Å². The highest BCUT2D eigenvalue weighted by atomic mass is 79.9. The predicted octanol–water partition coefficient (Wildman–Crippen LogP) is 2.73. The van der Waals surface area contributed by atoms with Gasteiger partial charge in [-0.15, -0.1) is 0 Å². The Kier molecular flexibility index (Phi) is 7.86. The summed E-state index contributed by atoms with van der Waals surface area (Å²) in [5.41, 5.74) is 1.10. The Balaban J connectivity index is 3.68. The Morgan fingerprint density at radius 3 is 2.17 bits per heavy atom. The van der Waals surface area contributed by atoms with Crippen LogP contribution >= 0.6 is 15.9 Å². The fourth-order valence-corrected chi connectivity index (χ4v) is 1.06. The molecule has 0 amide bonds. The molecule has 0 saturated heterocycles. The highest BCUT2D eigenvalue weighted by Crippen LogP contribution is 2.10. The molecule has 0 aliphatic rings. The average molecular weight is 237 g/mol. The van der Waals surface area contributed by atoms with Gasteiger partial charge in [0.15, 0.2) is 6.29 Å². The smallest absolute Gasteiger partial charge is 0.161 e. The highest BCUT2D eigenvalue weighted by molar-refractivity contribution is 9.09. The SMILES string of the molecule is C=C(CBr)CC(OCC)OCC. The Hall–Kier alpha value is 0.140. The first-order valence-corrected chi connectivity index (χ1v) is 5.32. The van der Waals surface area contributed by atoms with E-state index in [-0.39, 0.29) is 6.29 Å². The van der Waals surface area contributed by atoms with E-state index >= 15 is 0 Å². The number of hydrogen-bond acceptors (Lipinski definition) is 2. The van der Waals surface area contributed by atoms with Crippen LogP contribution in [0.1, 0.15) is 20.3 Å². The first kappa shape index (κ1) is 12.1. The fraction of sp³-hybridized carbons (Fsp3) is 0.778. The summed E-state index contributed by atoms with van der Waals surface area (Å²) >= 11 is 3.33. The van der Waals surface area contributed by atoms with Crippen molar-refractivity contribution in [3.8, 4) is 0 Å². The maximum atomic E-state index is 5.35. The largest absolute Gasteiger partial charge is 0.353 e. The summed E-state index contributed by atoms with van der Waals surface area (Å²) in [4.78, 5) is 0. The summed E-state index contributed by atoms with van der Waals surface area (Å²) in [7, 11) is 0. The van der Waals surface area contributed by atoms with Gasteiger partial charge in [0.2, 0.25) is 0 Å². The number of ether oxygens (including phenoxy) is 2. The van der Waals surface area contributed by atoms with Crippen molar-refractivity contribution in [2.75, 3.05) is 18.5 Å². The lowest BCUT2D eigenvalue weighted by Gasteiger charge is -2.16. The molecule has 0 spiro atoms. The normalized spacial score (nSPS) is 10.7. The average Bonchev–Trinajstić information content (AvgIpc) is 2.05. The molecule has 0 rings (SSSR count). The molecule has 3 heteroatoms. The maximum absolute atomic E-state index is 5.35. The molecule has 0 N–H and O–H groups in total. The Labute approximate surface area is 83.1 Å². The Morgan fingerprint density at radius 1 is 1.33 bits per heavy atom. The molecule has 0 aromatic carbocycles. The van der Waals surface area contributed by atoms with E-state index in [1.165, 1.54) is 0 Å². The van der Waals surface area contributed by atoms with Crippen LogP contribution in [0.2, 0.25) is 0 Å². The van der Waals surface area contributed by atoms with Gasteiger partial charge in [-0.05, 0) is 13.8 Å². The minimum absolute atomic E-state index is 0.120. The third-order valence-electron chi connectivity index (χ3n) is 1.35. The molecule has 12 heavy (non-hydrogen) atoms. The van der Waals surface area contributed by atoms with Gasteiger partial charge in [0.25, 0.3) is 0 Å². The summed E-state index contributed by atoms with van der Waals surface area (Å²) in [6.45, 7) is 9.15. The number of hydrogen-bond donors (Lipinski definition) is 0. The van der Waals surface area contributed by atoms with E-state index < -0.39 is 0 Å². The van der Waals surface area contributed by atoms with Crippen molar-refractivity contribution in [1.82, 2.24) is 0 Å². The Morgan fingerprint density at radius 2 is 1.83 bits per heavy atom. The summed E-state index contributed by atoms with van der Waals surface area (Å²) in [5.74, 6) is 0. The van der Waals surface area contributed by atoms with Crippen molar-refractivity contribution >= 4 is 15.9 Å². The second-order valence-corrected chi connectivity index (χ2v) is 2.99. The first-order chi connectivity index (χ1) is 5.74. The molecule has 0 aliphatic heterocycles. The molecule has 0 fully saturated rings. The van der Waals surface area contributed by atoms with E-state index in [4.69, 9.17) is 9.47 Å². The molecule has 72 valence electrons. The minimum atomic E-state index is -0.120. The van der Waals surface area contributed by atoms with Crippen LogP contribution in [0.5, 0.6) is 0 Å². The third kappa shape index (κ3) is 5.75. The molecule has 0 saturated carbocycles. The topological polar surface area (TPSA) is 18.5 Å². The molecule has 2 nitrogen and oxygen atoms in total. The van der Waals surface area contributed by atoms with Gasteiger partial charge in [-0.25, -0.2) is 0 Å². The monoisotopic (exact) mass is 236 g/mol. The number of rotatable bonds is 7. The standard InChI is InChI=1S/C9H17BrO2/c1-4-11-9(12-5-2)6-8(3)7-10/h9H,3-7H2,1-2H3. The van der Waals surface area contributed by atoms with Gasteiger partial charge in [-0.1, -0.05) is 28.1 Å². The molecular formula is C9H17BrO2. The van der Waals surface area contributed by atoms with Crippen LogP contribution in [-0.4, -0.2) is 24.8 Å². The number of alkyl halides is 1. The van der Waals surface area contributed by atoms with Crippen molar-refractivity contribution in [3.63, 3.8) is 0 Å². The molecule has 0 heterocycles. The van der Waals surface area contributed by atoms with Gasteiger partial charge in [0, 0.05) is 25.0 Å². The lowest BCUT2D eigenvalue weighted by Crippen LogP contribution is -2.18. The second-order valence-electron chi connectivity index (χ2n) is 2.43. The van der Waals surface area contributed by atoms with Crippen LogP contribution in [0.4, 0.5) is 0 Å². The lowest BCUT2D eigenvalue weighted by molar-refractivity contribution is -0.134. The van der Waals surface area contributed by atoms with Crippen LogP contribution in [0.15, 0.2) is 12.2 Å². The molecule has 0 bridgehead atoms. The van der Waals surface area contributed by atoms with Gasteiger partial charge in [-0.3, -0.25) is 0 Å². The van der Waals surface area contributed by atoms with E-state index in [1.807, 2.05) is 13.8 Å². The van der Waals surface area contributed by atoms with Crippen LogP contribution in [0.25, 0.3) is 0 Å². The molecule has 0 radical (unpaired) electrons. The highest BCUT2D eigenvalue weighted by Gasteiger charge is 2.08. The van der Waals surface area contributed by atoms with Gasteiger partial charge >= 0.3 is 0 Å². The fourth-order valence-electron chi connectivity index (χ4n) is 0.828.